The minimum Gasteiger partial charge on any atom is -0.403 e. The van der Waals surface area contributed by atoms with Crippen molar-refractivity contribution in [1.82, 2.24) is 20.0 Å². The van der Waals surface area contributed by atoms with Gasteiger partial charge in [-0.2, -0.15) is 5.10 Å². The predicted octanol–water partition coefficient (Wildman–Crippen LogP) is 2.65. The van der Waals surface area contributed by atoms with Gasteiger partial charge in [-0.25, -0.2) is 0 Å². The Morgan fingerprint density at radius 3 is 2.39 bits per heavy atom. The van der Waals surface area contributed by atoms with Crippen LogP contribution in [-0.2, 0) is 7.05 Å². The Bertz CT molecular complexity index is 858. The zero-order chi connectivity index (χ0) is 16.6. The predicted molar refractivity (Wildman–Crippen MR) is 85.1 cm³/mol. The van der Waals surface area contributed by atoms with Crippen LogP contribution in [0.4, 0.5) is 6.01 Å². The van der Waals surface area contributed by atoms with Crippen LogP contribution in [0.2, 0.25) is 0 Å². The van der Waals surface area contributed by atoms with Crippen LogP contribution in [0.15, 0.2) is 28.7 Å². The normalized spacial score (nSPS) is 10.8. The highest BCUT2D eigenvalue weighted by atomic mass is 16.4. The lowest BCUT2D eigenvalue weighted by Gasteiger charge is -2.01. The molecule has 7 nitrogen and oxygen atoms in total. The van der Waals surface area contributed by atoms with Crippen LogP contribution in [-0.4, -0.2) is 25.9 Å². The zero-order valence-corrected chi connectivity index (χ0v) is 13.4. The third-order valence-electron chi connectivity index (χ3n) is 3.35. The second-order valence-corrected chi connectivity index (χ2v) is 5.54. The van der Waals surface area contributed by atoms with E-state index in [-0.39, 0.29) is 11.9 Å². The quantitative estimate of drug-likeness (QED) is 0.803. The summed E-state index contributed by atoms with van der Waals surface area (Å²) in [6, 6.07) is 7.72. The molecule has 23 heavy (non-hydrogen) atoms. The van der Waals surface area contributed by atoms with Gasteiger partial charge in [-0.1, -0.05) is 22.3 Å². The zero-order valence-electron chi connectivity index (χ0n) is 13.4. The number of aryl methyl sites for hydroxylation is 4. The van der Waals surface area contributed by atoms with Crippen molar-refractivity contribution in [3.05, 3.63) is 46.8 Å². The van der Waals surface area contributed by atoms with Crippen LogP contribution in [0.5, 0.6) is 0 Å². The first-order chi connectivity index (χ1) is 10.9. The molecule has 1 amide bonds. The molecule has 0 fully saturated rings. The van der Waals surface area contributed by atoms with E-state index < -0.39 is 0 Å². The van der Waals surface area contributed by atoms with E-state index in [0.29, 0.717) is 11.6 Å². The van der Waals surface area contributed by atoms with Gasteiger partial charge in [0, 0.05) is 12.6 Å². The fraction of sp³-hybridized carbons (Fsp3) is 0.250. The third-order valence-corrected chi connectivity index (χ3v) is 3.35. The van der Waals surface area contributed by atoms with Crippen molar-refractivity contribution in [1.29, 1.82) is 0 Å². The molecule has 1 N–H and O–H groups in total. The second kappa shape index (κ2) is 5.68. The molecular weight excluding hydrogens is 294 g/mol. The fourth-order valence-electron chi connectivity index (χ4n) is 2.47. The summed E-state index contributed by atoms with van der Waals surface area (Å²) in [4.78, 5) is 12.2. The molecule has 0 spiro atoms. The summed E-state index contributed by atoms with van der Waals surface area (Å²) in [5, 5.41) is 14.6. The molecule has 0 aliphatic carbocycles. The maximum Gasteiger partial charge on any atom is 0.322 e. The molecule has 0 aliphatic heterocycles. The van der Waals surface area contributed by atoms with Gasteiger partial charge in [-0.05, 0) is 39.0 Å². The number of amides is 1. The fourth-order valence-corrected chi connectivity index (χ4v) is 2.47. The molecule has 2 aromatic heterocycles. The molecule has 3 rings (SSSR count). The summed E-state index contributed by atoms with van der Waals surface area (Å²) in [6.07, 6.45) is 0. The van der Waals surface area contributed by atoms with Gasteiger partial charge >= 0.3 is 6.01 Å². The van der Waals surface area contributed by atoms with Crippen molar-refractivity contribution in [3.8, 4) is 11.5 Å². The number of aromatic nitrogens is 4. The molecule has 0 unspecified atom stereocenters. The molecule has 0 radical (unpaired) electrons. The molecule has 118 valence electrons. The van der Waals surface area contributed by atoms with Crippen LogP contribution in [0.25, 0.3) is 11.5 Å². The number of nitrogens with zero attached hydrogens (tertiary/aromatic N) is 4. The van der Waals surface area contributed by atoms with E-state index in [1.54, 1.807) is 13.1 Å². The Kier molecular flexibility index (Phi) is 3.69. The molecule has 0 aliphatic rings. The van der Waals surface area contributed by atoms with Gasteiger partial charge in [0.25, 0.3) is 5.91 Å². The highest BCUT2D eigenvalue weighted by molar-refractivity contribution is 6.01. The lowest BCUT2D eigenvalue weighted by atomic mass is 10.1. The maximum atomic E-state index is 12.2. The van der Waals surface area contributed by atoms with E-state index >= 15 is 0 Å². The Balaban J connectivity index is 1.82. The molecule has 0 saturated carbocycles. The average Bonchev–Trinajstić information content (AvgIpc) is 3.04. The number of anilines is 1. The SMILES string of the molecule is Cc1cc(C)cc(-c2nnc(NC(=O)c3cc(C)nn3C)o2)c1. The summed E-state index contributed by atoms with van der Waals surface area (Å²) in [5.41, 5.74) is 4.22. The molecule has 3 aromatic rings. The van der Waals surface area contributed by atoms with Crippen LogP contribution in [0.3, 0.4) is 0 Å². The summed E-state index contributed by atoms with van der Waals surface area (Å²) < 4.78 is 7.04. The Labute approximate surface area is 133 Å². The Hall–Kier alpha value is -2.96. The third kappa shape index (κ3) is 3.13. The van der Waals surface area contributed by atoms with E-state index in [9.17, 15) is 4.79 Å². The van der Waals surface area contributed by atoms with Crippen molar-refractivity contribution in [3.63, 3.8) is 0 Å². The lowest BCUT2D eigenvalue weighted by molar-refractivity contribution is 0.101. The summed E-state index contributed by atoms with van der Waals surface area (Å²) >= 11 is 0. The van der Waals surface area contributed by atoms with Gasteiger partial charge < -0.3 is 4.42 Å². The number of hydrogen-bond donors (Lipinski definition) is 1. The van der Waals surface area contributed by atoms with Gasteiger partial charge in [-0.15, -0.1) is 5.10 Å². The minimum absolute atomic E-state index is 0.0583. The van der Waals surface area contributed by atoms with Crippen LogP contribution in [0.1, 0.15) is 27.3 Å². The van der Waals surface area contributed by atoms with Crippen molar-refractivity contribution in [2.75, 3.05) is 5.32 Å². The van der Waals surface area contributed by atoms with E-state index in [2.05, 4.69) is 26.7 Å². The highest BCUT2D eigenvalue weighted by Gasteiger charge is 2.16. The second-order valence-electron chi connectivity index (χ2n) is 5.54. The standard InChI is InChI=1S/C16H17N5O2/c1-9-5-10(2)7-12(6-9)15-18-19-16(23-15)17-14(22)13-8-11(3)20-21(13)4/h5-8H,1-4H3,(H,17,19,22). The smallest absolute Gasteiger partial charge is 0.322 e. The highest BCUT2D eigenvalue weighted by Crippen LogP contribution is 2.22. The van der Waals surface area contributed by atoms with Gasteiger partial charge in [0.2, 0.25) is 5.89 Å². The molecule has 7 heteroatoms. The molecular formula is C16H17N5O2. The van der Waals surface area contributed by atoms with Gasteiger partial charge in [-0.3, -0.25) is 14.8 Å². The van der Waals surface area contributed by atoms with Crippen LogP contribution in [0, 0.1) is 20.8 Å². The first-order valence-corrected chi connectivity index (χ1v) is 7.16. The first-order valence-electron chi connectivity index (χ1n) is 7.16. The van der Waals surface area contributed by atoms with Crippen molar-refractivity contribution in [2.45, 2.75) is 20.8 Å². The number of hydrogen-bond acceptors (Lipinski definition) is 5. The number of carbonyl (C=O) groups excluding carboxylic acids is 1. The topological polar surface area (TPSA) is 85.8 Å². The summed E-state index contributed by atoms with van der Waals surface area (Å²) in [7, 11) is 1.71. The Morgan fingerprint density at radius 2 is 1.78 bits per heavy atom. The van der Waals surface area contributed by atoms with Gasteiger partial charge in [0.1, 0.15) is 5.69 Å². The molecule has 1 aromatic carbocycles. The van der Waals surface area contributed by atoms with E-state index in [4.69, 9.17) is 4.42 Å². The van der Waals surface area contributed by atoms with Crippen LogP contribution < -0.4 is 5.32 Å². The first kappa shape index (κ1) is 15.0. The molecule has 2 heterocycles. The van der Waals surface area contributed by atoms with Crippen molar-refractivity contribution < 1.29 is 9.21 Å². The van der Waals surface area contributed by atoms with Crippen molar-refractivity contribution in [2.24, 2.45) is 7.05 Å². The summed E-state index contributed by atoms with van der Waals surface area (Å²) in [5.74, 6) is 0.0250. The van der Waals surface area contributed by atoms with Gasteiger partial charge in [0.05, 0.1) is 5.69 Å². The monoisotopic (exact) mass is 311 g/mol. The number of benzene rings is 1. The maximum absolute atomic E-state index is 12.2. The lowest BCUT2D eigenvalue weighted by Crippen LogP contribution is -2.16. The number of rotatable bonds is 3. The van der Waals surface area contributed by atoms with Crippen molar-refractivity contribution >= 4 is 11.9 Å². The number of nitrogens with one attached hydrogen (secondary N) is 1. The van der Waals surface area contributed by atoms with E-state index in [0.717, 1.165) is 22.4 Å². The molecule has 0 bridgehead atoms. The number of carbonyl (C=O) groups is 1. The molecule has 0 saturated heterocycles. The largest absolute Gasteiger partial charge is 0.403 e. The van der Waals surface area contributed by atoms with Crippen LogP contribution >= 0.6 is 0 Å². The van der Waals surface area contributed by atoms with E-state index in [1.165, 1.54) is 4.68 Å². The Morgan fingerprint density at radius 1 is 1.09 bits per heavy atom. The molecule has 0 atom stereocenters. The van der Waals surface area contributed by atoms with Gasteiger partial charge in [0.15, 0.2) is 0 Å². The average molecular weight is 311 g/mol. The minimum atomic E-state index is -0.344. The van der Waals surface area contributed by atoms with E-state index in [1.807, 2.05) is 32.9 Å². The summed E-state index contributed by atoms with van der Waals surface area (Å²) in [6.45, 7) is 5.82.